The molecule has 0 radical (unpaired) electrons. The lowest BCUT2D eigenvalue weighted by molar-refractivity contribution is 0.256. The Balaban J connectivity index is 1.64. The van der Waals surface area contributed by atoms with E-state index in [1.54, 1.807) is 12.0 Å². The summed E-state index contributed by atoms with van der Waals surface area (Å²) in [4.78, 5) is 15.2. The number of benzene rings is 2. The van der Waals surface area contributed by atoms with Crippen LogP contribution < -0.4 is 15.0 Å². The van der Waals surface area contributed by atoms with Crippen LogP contribution in [-0.2, 0) is 25.9 Å². The number of carbonyl (C=O) groups excluding carboxylic acids is 1. The van der Waals surface area contributed by atoms with Crippen molar-refractivity contribution in [1.29, 1.82) is 0 Å². The third kappa shape index (κ3) is 4.71. The number of aryl methyl sites for hydroxylation is 2. The number of aromatic nitrogens is 3. The van der Waals surface area contributed by atoms with Crippen molar-refractivity contribution < 1.29 is 9.53 Å². The number of amides is 2. The highest BCUT2D eigenvalue weighted by Gasteiger charge is 2.23. The van der Waals surface area contributed by atoms with Crippen LogP contribution in [0.15, 0.2) is 48.5 Å². The molecule has 7 heteroatoms. The molecule has 2 amide bonds. The van der Waals surface area contributed by atoms with E-state index < -0.39 is 0 Å². The molecule has 0 bridgehead atoms. The minimum absolute atomic E-state index is 0.197. The van der Waals surface area contributed by atoms with Crippen LogP contribution >= 0.6 is 0 Å². The monoisotopic (exact) mass is 419 g/mol. The first kappa shape index (κ1) is 20.9. The van der Waals surface area contributed by atoms with Crippen molar-refractivity contribution in [3.63, 3.8) is 0 Å². The molecule has 162 valence electrons. The highest BCUT2D eigenvalue weighted by atomic mass is 16.5. The van der Waals surface area contributed by atoms with Gasteiger partial charge in [0.2, 0.25) is 0 Å². The lowest BCUT2D eigenvalue weighted by Gasteiger charge is -2.25. The number of fused-ring (bicyclic) bond motifs is 1. The predicted molar refractivity (Wildman–Crippen MR) is 122 cm³/mol. The molecule has 0 fully saturated rings. The molecule has 1 aliphatic rings. The average molecular weight is 420 g/mol. The minimum Gasteiger partial charge on any atom is -0.497 e. The highest BCUT2D eigenvalue weighted by molar-refractivity contribution is 6.02. The van der Waals surface area contributed by atoms with E-state index in [2.05, 4.69) is 33.1 Å². The number of urea groups is 1. The maximum atomic E-state index is 13.4. The van der Waals surface area contributed by atoms with Crippen molar-refractivity contribution in [3.05, 3.63) is 65.7 Å². The first-order valence-corrected chi connectivity index (χ1v) is 10.9. The van der Waals surface area contributed by atoms with Crippen LogP contribution in [0, 0.1) is 0 Å². The van der Waals surface area contributed by atoms with E-state index in [9.17, 15) is 4.79 Å². The number of nitrogens with zero attached hydrogens (tertiary/aromatic N) is 4. The number of methoxy groups -OCH3 is 1. The maximum absolute atomic E-state index is 13.4. The number of ether oxygens (including phenoxy) is 1. The first-order valence-electron chi connectivity index (χ1n) is 10.9. The van der Waals surface area contributed by atoms with E-state index in [-0.39, 0.29) is 6.03 Å². The Morgan fingerprint density at radius 3 is 2.68 bits per heavy atom. The summed E-state index contributed by atoms with van der Waals surface area (Å²) in [7, 11) is 1.62. The molecule has 0 spiro atoms. The minimum atomic E-state index is -0.197. The maximum Gasteiger partial charge on any atom is 0.326 e. The fraction of sp³-hybridized carbons (Fsp3) is 0.375. The van der Waals surface area contributed by atoms with Gasteiger partial charge < -0.3 is 14.6 Å². The molecule has 1 N–H and O–H groups in total. The smallest absolute Gasteiger partial charge is 0.326 e. The summed E-state index contributed by atoms with van der Waals surface area (Å²) in [6.07, 6.45) is 5.22. The number of hydrogen-bond donors (Lipinski definition) is 1. The Morgan fingerprint density at radius 1 is 1.10 bits per heavy atom. The number of para-hydroxylation sites is 1. The first-order chi connectivity index (χ1) is 15.2. The molecule has 7 nitrogen and oxygen atoms in total. The summed E-state index contributed by atoms with van der Waals surface area (Å²) in [5.41, 5.74) is 2.72. The van der Waals surface area contributed by atoms with Crippen molar-refractivity contribution in [3.8, 4) is 5.75 Å². The summed E-state index contributed by atoms with van der Waals surface area (Å²) in [6, 6.07) is 15.2. The van der Waals surface area contributed by atoms with Crippen LogP contribution in [0.5, 0.6) is 5.75 Å². The Labute approximate surface area is 183 Å². The second-order valence-electron chi connectivity index (χ2n) is 7.72. The number of carbonyl (C=O) groups is 1. The molecule has 0 aliphatic carbocycles. The van der Waals surface area contributed by atoms with Gasteiger partial charge in [-0.25, -0.2) is 4.79 Å². The zero-order valence-corrected chi connectivity index (χ0v) is 18.2. The summed E-state index contributed by atoms with van der Waals surface area (Å²) >= 11 is 0. The largest absolute Gasteiger partial charge is 0.497 e. The van der Waals surface area contributed by atoms with Gasteiger partial charge in [0, 0.05) is 24.3 Å². The van der Waals surface area contributed by atoms with Crippen molar-refractivity contribution >= 4 is 17.4 Å². The molecule has 31 heavy (non-hydrogen) atoms. The van der Waals surface area contributed by atoms with Crippen molar-refractivity contribution in [2.24, 2.45) is 0 Å². The molecule has 3 aromatic rings. The number of anilines is 2. The zero-order chi connectivity index (χ0) is 21.6. The molecular formula is C24H29N5O2. The lowest BCUT2D eigenvalue weighted by atomic mass is 10.1. The van der Waals surface area contributed by atoms with E-state index >= 15 is 0 Å². The van der Waals surface area contributed by atoms with Gasteiger partial charge in [-0.05, 0) is 55.2 Å². The van der Waals surface area contributed by atoms with Gasteiger partial charge in [0.05, 0.1) is 13.7 Å². The third-order valence-electron chi connectivity index (χ3n) is 5.74. The Hall–Kier alpha value is -3.35. The molecule has 1 aromatic heterocycles. The molecule has 0 saturated heterocycles. The van der Waals surface area contributed by atoms with Gasteiger partial charge in [-0.2, -0.15) is 0 Å². The van der Waals surface area contributed by atoms with Crippen LogP contribution in [-0.4, -0.2) is 27.9 Å². The van der Waals surface area contributed by atoms with Crippen molar-refractivity contribution in [2.45, 2.75) is 52.1 Å². The molecule has 4 rings (SSSR count). The SMILES string of the molecule is CCc1ccccc1N(Cc1nnc2n1CCCCC2)C(=O)Nc1ccc(OC)cc1. The molecule has 0 unspecified atom stereocenters. The number of hydrogen-bond acceptors (Lipinski definition) is 4. The second-order valence-corrected chi connectivity index (χ2v) is 7.72. The van der Waals surface area contributed by atoms with Crippen LogP contribution in [0.1, 0.15) is 43.4 Å². The second kappa shape index (κ2) is 9.64. The van der Waals surface area contributed by atoms with Gasteiger partial charge in [-0.15, -0.1) is 10.2 Å². The lowest BCUT2D eigenvalue weighted by Crippen LogP contribution is -2.36. The average Bonchev–Trinajstić information content (AvgIpc) is 3.02. The van der Waals surface area contributed by atoms with Gasteiger partial charge in [0.15, 0.2) is 5.82 Å². The normalized spacial score (nSPS) is 13.2. The van der Waals surface area contributed by atoms with Gasteiger partial charge in [-0.1, -0.05) is 31.5 Å². The van der Waals surface area contributed by atoms with Gasteiger partial charge in [0.1, 0.15) is 11.6 Å². The van der Waals surface area contributed by atoms with E-state index in [1.165, 1.54) is 6.42 Å². The quantitative estimate of drug-likeness (QED) is 0.622. The van der Waals surface area contributed by atoms with Gasteiger partial charge >= 0.3 is 6.03 Å². The van der Waals surface area contributed by atoms with E-state index in [1.807, 2.05) is 42.5 Å². The van der Waals surface area contributed by atoms with Crippen LogP contribution in [0.3, 0.4) is 0 Å². The number of nitrogens with one attached hydrogen (secondary N) is 1. The Kier molecular flexibility index (Phi) is 6.50. The Bertz CT molecular complexity index is 1030. The topological polar surface area (TPSA) is 72.3 Å². The molecule has 2 heterocycles. The molecule has 0 saturated carbocycles. The molecular weight excluding hydrogens is 390 g/mol. The third-order valence-corrected chi connectivity index (χ3v) is 5.74. The zero-order valence-electron chi connectivity index (χ0n) is 18.2. The Morgan fingerprint density at radius 2 is 1.90 bits per heavy atom. The summed E-state index contributed by atoms with van der Waals surface area (Å²) < 4.78 is 7.40. The molecule has 0 atom stereocenters. The summed E-state index contributed by atoms with van der Waals surface area (Å²) in [5, 5.41) is 11.9. The molecule has 1 aliphatic heterocycles. The summed E-state index contributed by atoms with van der Waals surface area (Å²) in [6.45, 7) is 3.37. The van der Waals surface area contributed by atoms with Gasteiger partial charge in [-0.3, -0.25) is 4.90 Å². The van der Waals surface area contributed by atoms with E-state index in [0.717, 1.165) is 60.9 Å². The van der Waals surface area contributed by atoms with E-state index in [4.69, 9.17) is 4.74 Å². The van der Waals surface area contributed by atoms with Crippen LogP contribution in [0.4, 0.5) is 16.2 Å². The molecule has 2 aromatic carbocycles. The van der Waals surface area contributed by atoms with Crippen molar-refractivity contribution in [1.82, 2.24) is 14.8 Å². The standard InChI is InChI=1S/C24H29N5O2/c1-3-18-9-6-7-10-21(18)29(24(30)25-19-12-14-20(31-2)15-13-19)17-23-27-26-22-11-5-4-8-16-28(22)23/h6-7,9-10,12-15H,3-5,8,11,16-17H2,1-2H3,(H,25,30). The summed E-state index contributed by atoms with van der Waals surface area (Å²) in [5.74, 6) is 2.59. The van der Waals surface area contributed by atoms with Gasteiger partial charge in [0.25, 0.3) is 0 Å². The number of rotatable bonds is 6. The predicted octanol–water partition coefficient (Wildman–Crippen LogP) is 4.81. The van der Waals surface area contributed by atoms with E-state index in [0.29, 0.717) is 12.2 Å². The fourth-order valence-electron chi connectivity index (χ4n) is 4.01. The van der Waals surface area contributed by atoms with Crippen LogP contribution in [0.2, 0.25) is 0 Å². The van der Waals surface area contributed by atoms with Crippen molar-refractivity contribution in [2.75, 3.05) is 17.3 Å². The highest BCUT2D eigenvalue weighted by Crippen LogP contribution is 2.25. The van der Waals surface area contributed by atoms with Crippen LogP contribution in [0.25, 0.3) is 0 Å². The fourth-order valence-corrected chi connectivity index (χ4v) is 4.01.